The fourth-order valence-corrected chi connectivity index (χ4v) is 2.14. The second kappa shape index (κ2) is 3.45. The number of hydrogen-bond donors (Lipinski definition) is 0. The van der Waals surface area contributed by atoms with Crippen LogP contribution in [0.1, 0.15) is 26.2 Å². The Bertz CT molecular complexity index is 333. The molecule has 0 aromatic rings. The van der Waals surface area contributed by atoms with Crippen molar-refractivity contribution in [1.82, 2.24) is 0 Å². The number of ether oxygens (including phenoxy) is 2. The molecule has 0 aromatic carbocycles. The van der Waals surface area contributed by atoms with Crippen LogP contribution in [0.2, 0.25) is 0 Å². The van der Waals surface area contributed by atoms with Gasteiger partial charge in [0.05, 0.1) is 12.2 Å². The van der Waals surface area contributed by atoms with Crippen molar-refractivity contribution in [2.75, 3.05) is 6.61 Å². The van der Waals surface area contributed by atoms with Gasteiger partial charge in [0.1, 0.15) is 6.10 Å². The SMILES string of the molecule is C=C(C(=O)OCC)C12OC1CCCC2=O. The largest absolute Gasteiger partial charge is 0.463 e. The van der Waals surface area contributed by atoms with E-state index in [2.05, 4.69) is 6.58 Å². The lowest BCUT2D eigenvalue weighted by molar-refractivity contribution is -0.140. The molecule has 82 valence electrons. The van der Waals surface area contributed by atoms with E-state index in [0.717, 1.165) is 12.8 Å². The summed E-state index contributed by atoms with van der Waals surface area (Å²) in [5, 5.41) is 0. The molecule has 0 aromatic heterocycles. The molecule has 1 aliphatic carbocycles. The van der Waals surface area contributed by atoms with Crippen molar-refractivity contribution in [2.45, 2.75) is 37.9 Å². The van der Waals surface area contributed by atoms with Crippen molar-refractivity contribution in [1.29, 1.82) is 0 Å². The second-order valence-electron chi connectivity index (χ2n) is 3.86. The molecule has 4 heteroatoms. The van der Waals surface area contributed by atoms with Crippen LogP contribution in [0.15, 0.2) is 12.2 Å². The molecule has 1 aliphatic heterocycles. The van der Waals surface area contributed by atoms with Crippen molar-refractivity contribution in [3.63, 3.8) is 0 Å². The Balaban J connectivity index is 2.13. The molecule has 0 bridgehead atoms. The van der Waals surface area contributed by atoms with Gasteiger partial charge in [0.2, 0.25) is 0 Å². The van der Waals surface area contributed by atoms with Gasteiger partial charge in [-0.2, -0.15) is 0 Å². The highest BCUT2D eigenvalue weighted by atomic mass is 16.6. The van der Waals surface area contributed by atoms with Crippen molar-refractivity contribution in [3.8, 4) is 0 Å². The van der Waals surface area contributed by atoms with Crippen LogP contribution < -0.4 is 0 Å². The van der Waals surface area contributed by atoms with Crippen LogP contribution in [0.3, 0.4) is 0 Å². The van der Waals surface area contributed by atoms with E-state index in [4.69, 9.17) is 9.47 Å². The number of fused-ring (bicyclic) bond motifs is 1. The molecule has 4 nitrogen and oxygen atoms in total. The third-order valence-corrected chi connectivity index (χ3v) is 2.98. The van der Waals surface area contributed by atoms with E-state index in [1.807, 2.05) is 0 Å². The molecule has 2 rings (SSSR count). The summed E-state index contributed by atoms with van der Waals surface area (Å²) in [5.74, 6) is -0.549. The van der Waals surface area contributed by atoms with Gasteiger partial charge in [-0.25, -0.2) is 4.79 Å². The topological polar surface area (TPSA) is 55.9 Å². The summed E-state index contributed by atoms with van der Waals surface area (Å²) in [5.41, 5.74) is -0.858. The van der Waals surface area contributed by atoms with Crippen LogP contribution in [0.25, 0.3) is 0 Å². The second-order valence-corrected chi connectivity index (χ2v) is 3.86. The molecule has 0 spiro atoms. The Morgan fingerprint density at radius 2 is 2.47 bits per heavy atom. The standard InChI is InChI=1S/C11H14O4/c1-3-14-10(13)7(2)11-8(12)5-4-6-9(11)15-11/h9H,2-6H2,1H3. The Hall–Kier alpha value is -1.16. The summed E-state index contributed by atoms with van der Waals surface area (Å²) in [6, 6.07) is 0. The van der Waals surface area contributed by atoms with Crippen LogP contribution in [-0.4, -0.2) is 30.1 Å². The molecule has 2 unspecified atom stereocenters. The summed E-state index contributed by atoms with van der Waals surface area (Å²) in [6.07, 6.45) is 1.98. The first kappa shape index (κ1) is 10.4. The molecule has 1 saturated carbocycles. The molecular formula is C11H14O4. The van der Waals surface area contributed by atoms with Crippen LogP contribution in [0, 0.1) is 0 Å². The zero-order chi connectivity index (χ0) is 11.1. The summed E-state index contributed by atoms with van der Waals surface area (Å²) in [6.45, 7) is 5.64. The number of hydrogen-bond acceptors (Lipinski definition) is 4. The van der Waals surface area contributed by atoms with E-state index >= 15 is 0 Å². The summed E-state index contributed by atoms with van der Waals surface area (Å²) in [4.78, 5) is 23.2. The Morgan fingerprint density at radius 1 is 1.73 bits per heavy atom. The zero-order valence-corrected chi connectivity index (χ0v) is 8.75. The Kier molecular flexibility index (Phi) is 2.38. The Morgan fingerprint density at radius 3 is 3.07 bits per heavy atom. The minimum absolute atomic E-state index is 0.0307. The lowest BCUT2D eigenvalue weighted by Crippen LogP contribution is -2.36. The molecule has 2 fully saturated rings. The number of ketones is 1. The van der Waals surface area contributed by atoms with Gasteiger partial charge in [0, 0.05) is 6.42 Å². The fraction of sp³-hybridized carbons (Fsp3) is 0.636. The number of epoxide rings is 1. The van der Waals surface area contributed by atoms with Crippen LogP contribution in [0.4, 0.5) is 0 Å². The van der Waals surface area contributed by atoms with Crippen molar-refractivity contribution in [2.24, 2.45) is 0 Å². The number of carbonyl (C=O) groups is 2. The van der Waals surface area contributed by atoms with Gasteiger partial charge < -0.3 is 9.47 Å². The van der Waals surface area contributed by atoms with E-state index in [-0.39, 0.29) is 24.1 Å². The van der Waals surface area contributed by atoms with Gasteiger partial charge in [-0.15, -0.1) is 0 Å². The minimum atomic E-state index is -1.02. The van der Waals surface area contributed by atoms with E-state index in [1.165, 1.54) is 0 Å². The molecule has 15 heavy (non-hydrogen) atoms. The molecule has 1 heterocycles. The lowest BCUT2D eigenvalue weighted by atomic mass is 9.83. The molecular weight excluding hydrogens is 196 g/mol. The molecule has 0 radical (unpaired) electrons. The van der Waals surface area contributed by atoms with Crippen molar-refractivity contribution < 1.29 is 19.1 Å². The quantitative estimate of drug-likeness (QED) is 0.396. The monoisotopic (exact) mass is 210 g/mol. The minimum Gasteiger partial charge on any atom is -0.463 e. The predicted octanol–water partition coefficient (Wildman–Crippen LogP) is 0.996. The maximum absolute atomic E-state index is 11.7. The maximum Gasteiger partial charge on any atom is 0.336 e. The lowest BCUT2D eigenvalue weighted by Gasteiger charge is -2.17. The number of Topliss-reactive ketones (excluding diaryl/α,β-unsaturated/α-hetero) is 1. The smallest absolute Gasteiger partial charge is 0.336 e. The molecule has 0 N–H and O–H groups in total. The van der Waals surface area contributed by atoms with Crippen molar-refractivity contribution in [3.05, 3.63) is 12.2 Å². The number of rotatable bonds is 3. The molecule has 2 atom stereocenters. The fourth-order valence-electron chi connectivity index (χ4n) is 2.14. The van der Waals surface area contributed by atoms with E-state index < -0.39 is 11.6 Å². The molecule has 0 amide bonds. The average Bonchev–Trinajstić information content (AvgIpc) is 2.94. The average molecular weight is 210 g/mol. The summed E-state index contributed by atoms with van der Waals surface area (Å²) >= 11 is 0. The maximum atomic E-state index is 11.7. The predicted molar refractivity (Wildman–Crippen MR) is 52.2 cm³/mol. The van der Waals surface area contributed by atoms with Crippen LogP contribution in [-0.2, 0) is 19.1 Å². The van der Waals surface area contributed by atoms with Gasteiger partial charge >= 0.3 is 5.97 Å². The van der Waals surface area contributed by atoms with Gasteiger partial charge in [0.15, 0.2) is 11.4 Å². The van der Waals surface area contributed by atoms with E-state index in [9.17, 15) is 9.59 Å². The highest BCUT2D eigenvalue weighted by Crippen LogP contribution is 2.50. The van der Waals surface area contributed by atoms with Gasteiger partial charge in [0.25, 0.3) is 0 Å². The van der Waals surface area contributed by atoms with Crippen LogP contribution >= 0.6 is 0 Å². The van der Waals surface area contributed by atoms with Crippen LogP contribution in [0.5, 0.6) is 0 Å². The summed E-state index contributed by atoms with van der Waals surface area (Å²) in [7, 11) is 0. The van der Waals surface area contributed by atoms with Gasteiger partial charge in [-0.05, 0) is 19.8 Å². The first-order valence-electron chi connectivity index (χ1n) is 5.20. The van der Waals surface area contributed by atoms with E-state index in [0.29, 0.717) is 6.42 Å². The van der Waals surface area contributed by atoms with Crippen molar-refractivity contribution >= 4 is 11.8 Å². The summed E-state index contributed by atoms with van der Waals surface area (Å²) < 4.78 is 10.2. The van der Waals surface area contributed by atoms with Gasteiger partial charge in [-0.3, -0.25) is 4.79 Å². The molecule has 1 saturated heterocycles. The van der Waals surface area contributed by atoms with E-state index in [1.54, 1.807) is 6.92 Å². The third kappa shape index (κ3) is 1.40. The first-order valence-corrected chi connectivity index (χ1v) is 5.20. The number of esters is 1. The van der Waals surface area contributed by atoms with Gasteiger partial charge in [-0.1, -0.05) is 6.58 Å². The molecule has 2 aliphatic rings. The highest BCUT2D eigenvalue weighted by Gasteiger charge is 2.66. The Labute approximate surface area is 88.2 Å². The normalized spacial score (nSPS) is 33.1. The number of carbonyl (C=O) groups excluding carboxylic acids is 2. The zero-order valence-electron chi connectivity index (χ0n) is 8.75. The third-order valence-electron chi connectivity index (χ3n) is 2.98. The highest BCUT2D eigenvalue weighted by molar-refractivity contribution is 6.05. The first-order chi connectivity index (χ1) is 7.13.